The number of hydrogen-bond acceptors (Lipinski definition) is 2. The molecule has 0 amide bonds. The van der Waals surface area contributed by atoms with Crippen LogP contribution < -0.4 is 0 Å². The van der Waals surface area contributed by atoms with E-state index < -0.39 is 5.25 Å². The Morgan fingerprint density at radius 1 is 1.60 bits per heavy atom. The van der Waals surface area contributed by atoms with Crippen LogP contribution in [0.25, 0.3) is 0 Å². The first-order valence-electron chi connectivity index (χ1n) is 2.60. The van der Waals surface area contributed by atoms with E-state index >= 15 is 0 Å². The van der Waals surface area contributed by atoms with Crippen LogP contribution in [0.3, 0.4) is 0 Å². The first-order valence-corrected chi connectivity index (χ1v) is 2.97. The average molecular weight is 159 g/mol. The maximum Gasteiger partial charge on any atom is 0.289 e. The highest BCUT2D eigenvalue weighted by atomic mass is 35.5. The van der Waals surface area contributed by atoms with Gasteiger partial charge in [0.15, 0.2) is 6.19 Å². The summed E-state index contributed by atoms with van der Waals surface area (Å²) in [7, 11) is 0. The van der Waals surface area contributed by atoms with Gasteiger partial charge in [-0.05, 0) is 12.2 Å². The summed E-state index contributed by atoms with van der Waals surface area (Å²) in [5.74, 6) is 0. The minimum absolute atomic E-state index is 0.717. The molecule has 0 bridgehead atoms. The number of alkyl halides is 2. The molecule has 1 rings (SSSR count). The predicted molar refractivity (Wildman–Crippen MR) is 35.4 cm³/mol. The summed E-state index contributed by atoms with van der Waals surface area (Å²) < 4.78 is 12.9. The maximum atomic E-state index is 12.9. The molecule has 0 saturated heterocycles. The van der Waals surface area contributed by atoms with E-state index in [1.165, 1.54) is 18.4 Å². The molecule has 0 aromatic carbocycles. The van der Waals surface area contributed by atoms with Crippen LogP contribution in [0.5, 0.6) is 0 Å². The van der Waals surface area contributed by atoms with Gasteiger partial charge in [-0.15, -0.1) is 0 Å². The Morgan fingerprint density at radius 2 is 2.30 bits per heavy atom. The van der Waals surface area contributed by atoms with Gasteiger partial charge >= 0.3 is 0 Å². The van der Waals surface area contributed by atoms with Gasteiger partial charge in [-0.2, -0.15) is 9.65 Å². The molecule has 1 atom stereocenters. The third kappa shape index (κ3) is 1.12. The molecule has 10 heavy (non-hydrogen) atoms. The van der Waals surface area contributed by atoms with Crippen molar-refractivity contribution < 1.29 is 4.39 Å². The first kappa shape index (κ1) is 7.10. The van der Waals surface area contributed by atoms with Crippen molar-refractivity contribution in [3.8, 4) is 6.19 Å². The second kappa shape index (κ2) is 2.31. The summed E-state index contributed by atoms with van der Waals surface area (Å²) in [5.41, 5.74) is 0. The van der Waals surface area contributed by atoms with E-state index in [0.717, 1.165) is 6.08 Å². The van der Waals surface area contributed by atoms with Crippen molar-refractivity contribution in [3.63, 3.8) is 0 Å². The molecule has 0 aromatic rings. The minimum atomic E-state index is -2.18. The lowest BCUT2D eigenvalue weighted by Crippen LogP contribution is -2.31. The Bertz CT molecular complexity index is 226. The molecule has 0 radical (unpaired) electrons. The smallest absolute Gasteiger partial charge is 0.235 e. The fourth-order valence-electron chi connectivity index (χ4n) is 0.587. The first-order chi connectivity index (χ1) is 4.67. The predicted octanol–water partition coefficient (Wildman–Crippen LogP) is 1.72. The fourth-order valence-corrected chi connectivity index (χ4v) is 0.754. The van der Waals surface area contributed by atoms with Gasteiger partial charge in [0.25, 0.3) is 5.25 Å². The Balaban J connectivity index is 2.87. The average Bonchev–Trinajstić information content (AvgIpc) is 1.87. The van der Waals surface area contributed by atoms with Crippen LogP contribution in [0, 0.1) is 11.5 Å². The number of hydrogen-bond donors (Lipinski definition) is 0. The Hall–Kier alpha value is -1.01. The molecule has 0 fully saturated rings. The van der Waals surface area contributed by atoms with E-state index in [2.05, 4.69) is 0 Å². The molecule has 1 heterocycles. The largest absolute Gasteiger partial charge is 0.289 e. The molecule has 4 heteroatoms. The molecule has 0 saturated carbocycles. The van der Waals surface area contributed by atoms with Crippen molar-refractivity contribution >= 4 is 11.6 Å². The van der Waals surface area contributed by atoms with E-state index in [4.69, 9.17) is 16.9 Å². The molecule has 52 valence electrons. The van der Waals surface area contributed by atoms with Gasteiger partial charge in [-0.3, -0.25) is 0 Å². The van der Waals surface area contributed by atoms with Crippen molar-refractivity contribution in [2.24, 2.45) is 0 Å². The Kier molecular flexibility index (Phi) is 1.64. The van der Waals surface area contributed by atoms with Crippen LogP contribution in [0.2, 0.25) is 0 Å². The second-order valence-electron chi connectivity index (χ2n) is 1.76. The van der Waals surface area contributed by atoms with Crippen molar-refractivity contribution in [3.05, 3.63) is 24.4 Å². The molecule has 1 aliphatic heterocycles. The van der Waals surface area contributed by atoms with E-state index in [-0.39, 0.29) is 0 Å². The van der Waals surface area contributed by atoms with Gasteiger partial charge < -0.3 is 0 Å². The summed E-state index contributed by atoms with van der Waals surface area (Å²) in [6.07, 6.45) is 6.92. The lowest BCUT2D eigenvalue weighted by Gasteiger charge is -2.22. The third-order valence-corrected chi connectivity index (χ3v) is 1.38. The molecule has 2 nitrogen and oxygen atoms in total. The molecule has 0 N–H and O–H groups in total. The van der Waals surface area contributed by atoms with Gasteiger partial charge in [0.05, 0.1) is 0 Å². The van der Waals surface area contributed by atoms with E-state index in [0.29, 0.717) is 4.90 Å². The number of rotatable bonds is 0. The zero-order chi connectivity index (χ0) is 7.61. The monoisotopic (exact) mass is 158 g/mol. The molecule has 0 aliphatic carbocycles. The summed E-state index contributed by atoms with van der Waals surface area (Å²) in [6, 6.07) is 0. The van der Waals surface area contributed by atoms with Crippen molar-refractivity contribution in [1.29, 1.82) is 5.26 Å². The highest BCUT2D eigenvalue weighted by molar-refractivity contribution is 6.24. The summed E-state index contributed by atoms with van der Waals surface area (Å²) in [4.78, 5) is 0.717. The highest BCUT2D eigenvalue weighted by Crippen LogP contribution is 2.26. The third-order valence-electron chi connectivity index (χ3n) is 1.07. The van der Waals surface area contributed by atoms with Gasteiger partial charge in [-0.1, -0.05) is 17.7 Å². The molecule has 1 aliphatic rings. The van der Waals surface area contributed by atoms with Crippen molar-refractivity contribution in [2.45, 2.75) is 5.25 Å². The summed E-state index contributed by atoms with van der Waals surface area (Å²) in [6.45, 7) is 0. The Morgan fingerprint density at radius 3 is 2.70 bits per heavy atom. The normalized spacial score (nSPS) is 30.3. The van der Waals surface area contributed by atoms with E-state index in [1.807, 2.05) is 0 Å². The zero-order valence-corrected chi connectivity index (χ0v) is 5.72. The number of nitriles is 1. The van der Waals surface area contributed by atoms with Crippen LogP contribution in [-0.2, 0) is 0 Å². The van der Waals surface area contributed by atoms with Gasteiger partial charge in [0, 0.05) is 6.20 Å². The van der Waals surface area contributed by atoms with Crippen molar-refractivity contribution in [2.75, 3.05) is 0 Å². The van der Waals surface area contributed by atoms with Gasteiger partial charge in [-0.25, -0.2) is 4.90 Å². The quantitative estimate of drug-likeness (QED) is 0.305. The van der Waals surface area contributed by atoms with Crippen LogP contribution >= 0.6 is 11.6 Å². The van der Waals surface area contributed by atoms with E-state index in [9.17, 15) is 4.39 Å². The SMILES string of the molecule is N#CN1C=CC=CC1(F)Cl. The lowest BCUT2D eigenvalue weighted by molar-refractivity contribution is 0.189. The molecular weight excluding hydrogens is 155 g/mol. The standard InChI is InChI=1S/C6H4ClFN2/c7-6(8)3-1-2-4-10(6)5-9/h1-4H. The lowest BCUT2D eigenvalue weighted by atomic mass is 10.3. The summed E-state index contributed by atoms with van der Waals surface area (Å²) in [5, 5.41) is 6.12. The van der Waals surface area contributed by atoms with Gasteiger partial charge in [0.1, 0.15) is 0 Å². The maximum absolute atomic E-state index is 12.9. The van der Waals surface area contributed by atoms with Crippen LogP contribution in [0.15, 0.2) is 24.4 Å². The topological polar surface area (TPSA) is 27.0 Å². The molecule has 0 spiro atoms. The second-order valence-corrected chi connectivity index (χ2v) is 2.29. The number of nitrogens with zero attached hydrogens (tertiary/aromatic N) is 2. The van der Waals surface area contributed by atoms with Crippen LogP contribution in [0.4, 0.5) is 4.39 Å². The van der Waals surface area contributed by atoms with Crippen LogP contribution in [-0.4, -0.2) is 10.2 Å². The molecule has 0 aromatic heterocycles. The number of allylic oxidation sites excluding steroid dienone is 2. The zero-order valence-electron chi connectivity index (χ0n) is 4.96. The van der Waals surface area contributed by atoms with Crippen LogP contribution in [0.1, 0.15) is 0 Å². The number of halogens is 2. The van der Waals surface area contributed by atoms with Gasteiger partial charge in [0.2, 0.25) is 0 Å². The van der Waals surface area contributed by atoms with Crippen molar-refractivity contribution in [1.82, 2.24) is 4.90 Å². The molecular formula is C6H4ClFN2. The van der Waals surface area contributed by atoms with E-state index in [1.54, 1.807) is 6.19 Å². The highest BCUT2D eigenvalue weighted by Gasteiger charge is 2.30. The molecule has 1 unspecified atom stereocenters. The Labute approximate surface area is 62.8 Å². The summed E-state index contributed by atoms with van der Waals surface area (Å²) >= 11 is 5.24. The fraction of sp³-hybridized carbons (Fsp3) is 0.167. The minimum Gasteiger partial charge on any atom is -0.235 e.